The van der Waals surface area contributed by atoms with E-state index < -0.39 is 0 Å². The first-order valence-corrected chi connectivity index (χ1v) is 8.51. The van der Waals surface area contributed by atoms with Crippen molar-refractivity contribution >= 4 is 11.3 Å². The maximum Gasteiger partial charge on any atom is 0.179 e. The van der Waals surface area contributed by atoms with Gasteiger partial charge in [-0.3, -0.25) is 4.90 Å². The van der Waals surface area contributed by atoms with Crippen LogP contribution in [-0.2, 0) is 6.54 Å². The lowest BCUT2D eigenvalue weighted by Crippen LogP contribution is -2.46. The van der Waals surface area contributed by atoms with Gasteiger partial charge < -0.3 is 9.64 Å². The Hall–Kier alpha value is -2.67. The Kier molecular flexibility index (Phi) is 4.23. The first-order valence-electron chi connectivity index (χ1n) is 8.51. The van der Waals surface area contributed by atoms with Crippen LogP contribution in [-0.4, -0.2) is 58.0 Å². The maximum absolute atomic E-state index is 5.31. The van der Waals surface area contributed by atoms with Crippen molar-refractivity contribution in [2.24, 2.45) is 0 Å². The Labute approximate surface area is 146 Å². The summed E-state index contributed by atoms with van der Waals surface area (Å²) in [7, 11) is 1.71. The first-order chi connectivity index (χ1) is 12.2. The molecule has 1 aromatic carbocycles. The summed E-state index contributed by atoms with van der Waals surface area (Å²) in [5.41, 5.74) is 3.20. The molecule has 7 nitrogen and oxygen atoms in total. The lowest BCUT2D eigenvalue weighted by molar-refractivity contribution is 0.249. The summed E-state index contributed by atoms with van der Waals surface area (Å²) < 4.78 is 7.08. The molecule has 0 atom stereocenters. The van der Waals surface area contributed by atoms with Gasteiger partial charge in [-0.2, -0.15) is 9.61 Å². The number of fused-ring (bicyclic) bond motifs is 1. The second-order valence-corrected chi connectivity index (χ2v) is 6.35. The number of rotatable bonds is 4. The number of nitrogens with zero attached hydrogens (tertiary/aromatic N) is 6. The molecule has 4 rings (SSSR count). The summed E-state index contributed by atoms with van der Waals surface area (Å²) in [5, 5.41) is 12.7. The van der Waals surface area contributed by atoms with Crippen molar-refractivity contribution in [2.45, 2.75) is 13.5 Å². The number of piperazine rings is 1. The van der Waals surface area contributed by atoms with Crippen molar-refractivity contribution < 1.29 is 4.74 Å². The van der Waals surface area contributed by atoms with E-state index in [1.165, 1.54) is 5.56 Å². The van der Waals surface area contributed by atoms with Crippen molar-refractivity contribution in [1.82, 2.24) is 24.7 Å². The molecular formula is C18H22N6O. The largest absolute Gasteiger partial charge is 0.497 e. The Morgan fingerprint density at radius 1 is 1.08 bits per heavy atom. The number of hydrogen-bond donors (Lipinski definition) is 0. The number of anilines is 1. The van der Waals surface area contributed by atoms with Gasteiger partial charge in [-0.1, -0.05) is 12.1 Å². The van der Waals surface area contributed by atoms with E-state index in [1.54, 1.807) is 11.6 Å². The highest BCUT2D eigenvalue weighted by atomic mass is 16.5. The number of aromatic nitrogens is 4. The summed E-state index contributed by atoms with van der Waals surface area (Å²) in [4.78, 5) is 4.83. The molecular weight excluding hydrogens is 316 g/mol. The van der Waals surface area contributed by atoms with Crippen LogP contribution < -0.4 is 9.64 Å². The van der Waals surface area contributed by atoms with Crippen LogP contribution in [0.1, 0.15) is 11.4 Å². The molecule has 0 saturated carbocycles. The topological polar surface area (TPSA) is 58.8 Å². The molecule has 0 bridgehead atoms. The third kappa shape index (κ3) is 3.28. The average molecular weight is 338 g/mol. The lowest BCUT2D eigenvalue weighted by atomic mass is 10.2. The quantitative estimate of drug-likeness (QED) is 0.722. The smallest absolute Gasteiger partial charge is 0.179 e. The van der Waals surface area contributed by atoms with Crippen LogP contribution >= 0.6 is 0 Å². The average Bonchev–Trinajstić information content (AvgIpc) is 3.03. The number of hydrogen-bond acceptors (Lipinski definition) is 6. The van der Waals surface area contributed by atoms with Gasteiger partial charge in [0.15, 0.2) is 11.5 Å². The fraction of sp³-hybridized carbons (Fsp3) is 0.389. The first kappa shape index (κ1) is 15.8. The lowest BCUT2D eigenvalue weighted by Gasteiger charge is -2.35. The van der Waals surface area contributed by atoms with Crippen LogP contribution in [0, 0.1) is 6.92 Å². The Bertz CT molecular complexity index is 869. The Balaban J connectivity index is 1.40. The van der Waals surface area contributed by atoms with Crippen LogP contribution in [0.25, 0.3) is 5.65 Å². The minimum atomic E-state index is 0.800. The highest BCUT2D eigenvalue weighted by Crippen LogP contribution is 2.19. The molecule has 1 saturated heterocycles. The van der Waals surface area contributed by atoms with Gasteiger partial charge in [-0.05, 0) is 24.6 Å². The number of methoxy groups -OCH3 is 1. The van der Waals surface area contributed by atoms with Crippen molar-refractivity contribution in [3.63, 3.8) is 0 Å². The summed E-state index contributed by atoms with van der Waals surface area (Å²) >= 11 is 0. The SMILES string of the molecule is COc1cccc(CN2CCN(c3cnn4c(C)nnc4c3)CC2)c1. The summed E-state index contributed by atoms with van der Waals surface area (Å²) in [5.74, 6) is 1.73. The summed E-state index contributed by atoms with van der Waals surface area (Å²) in [6, 6.07) is 10.4. The van der Waals surface area contributed by atoms with Crippen molar-refractivity contribution in [3.05, 3.63) is 47.9 Å². The van der Waals surface area contributed by atoms with Crippen LogP contribution in [0.2, 0.25) is 0 Å². The molecule has 25 heavy (non-hydrogen) atoms. The third-order valence-electron chi connectivity index (χ3n) is 4.68. The fourth-order valence-corrected chi connectivity index (χ4v) is 3.26. The second kappa shape index (κ2) is 6.68. The van der Waals surface area contributed by atoms with E-state index in [-0.39, 0.29) is 0 Å². The summed E-state index contributed by atoms with van der Waals surface area (Å²) in [6.07, 6.45) is 1.90. The van der Waals surface area contributed by atoms with Gasteiger partial charge in [-0.25, -0.2) is 0 Å². The molecule has 1 aliphatic rings. The van der Waals surface area contributed by atoms with E-state index in [2.05, 4.69) is 43.3 Å². The molecule has 130 valence electrons. The number of benzene rings is 1. The van der Waals surface area contributed by atoms with Gasteiger partial charge in [0.05, 0.1) is 19.0 Å². The van der Waals surface area contributed by atoms with Crippen LogP contribution in [0.5, 0.6) is 5.75 Å². The third-order valence-corrected chi connectivity index (χ3v) is 4.68. The molecule has 0 radical (unpaired) electrons. The summed E-state index contributed by atoms with van der Waals surface area (Å²) in [6.45, 7) is 6.86. The van der Waals surface area contributed by atoms with Gasteiger partial charge in [0.25, 0.3) is 0 Å². The Morgan fingerprint density at radius 2 is 1.92 bits per heavy atom. The van der Waals surface area contributed by atoms with E-state index in [4.69, 9.17) is 4.74 Å². The van der Waals surface area contributed by atoms with Crippen LogP contribution in [0.3, 0.4) is 0 Å². The van der Waals surface area contributed by atoms with Gasteiger partial charge in [0.1, 0.15) is 5.75 Å². The van der Waals surface area contributed by atoms with E-state index in [0.29, 0.717) is 0 Å². The molecule has 0 N–H and O–H groups in total. The predicted molar refractivity (Wildman–Crippen MR) is 96.0 cm³/mol. The zero-order valence-electron chi connectivity index (χ0n) is 14.6. The molecule has 7 heteroatoms. The molecule has 0 unspecified atom stereocenters. The highest BCUT2D eigenvalue weighted by Gasteiger charge is 2.18. The van der Waals surface area contributed by atoms with Gasteiger partial charge in [0, 0.05) is 38.8 Å². The van der Waals surface area contributed by atoms with Gasteiger partial charge >= 0.3 is 0 Å². The fourth-order valence-electron chi connectivity index (χ4n) is 3.26. The molecule has 3 aromatic rings. The zero-order chi connectivity index (χ0) is 17.2. The van der Waals surface area contributed by atoms with Crippen LogP contribution in [0.15, 0.2) is 36.5 Å². The number of ether oxygens (including phenoxy) is 1. The van der Waals surface area contributed by atoms with E-state index in [1.807, 2.05) is 25.3 Å². The highest BCUT2D eigenvalue weighted by molar-refractivity contribution is 5.54. The molecule has 1 fully saturated rings. The Morgan fingerprint density at radius 3 is 2.72 bits per heavy atom. The molecule has 1 aliphatic heterocycles. The molecule has 0 spiro atoms. The maximum atomic E-state index is 5.31. The monoisotopic (exact) mass is 338 g/mol. The molecule has 3 heterocycles. The van der Waals surface area contributed by atoms with Gasteiger partial charge in [-0.15, -0.1) is 10.2 Å². The second-order valence-electron chi connectivity index (χ2n) is 6.35. The minimum Gasteiger partial charge on any atom is -0.497 e. The zero-order valence-corrected chi connectivity index (χ0v) is 14.6. The van der Waals surface area contributed by atoms with E-state index in [0.717, 1.165) is 55.6 Å². The number of aryl methyl sites for hydroxylation is 1. The normalized spacial score (nSPS) is 15.7. The van der Waals surface area contributed by atoms with Gasteiger partial charge in [0.2, 0.25) is 0 Å². The van der Waals surface area contributed by atoms with Crippen molar-refractivity contribution in [1.29, 1.82) is 0 Å². The van der Waals surface area contributed by atoms with Crippen LogP contribution in [0.4, 0.5) is 5.69 Å². The minimum absolute atomic E-state index is 0.800. The predicted octanol–water partition coefficient (Wildman–Crippen LogP) is 1.76. The van der Waals surface area contributed by atoms with E-state index in [9.17, 15) is 0 Å². The van der Waals surface area contributed by atoms with Crippen molar-refractivity contribution in [3.8, 4) is 5.75 Å². The molecule has 0 amide bonds. The van der Waals surface area contributed by atoms with Crippen molar-refractivity contribution in [2.75, 3.05) is 38.2 Å². The molecule has 0 aliphatic carbocycles. The standard InChI is InChI=1S/C18H22N6O/c1-14-20-21-18-11-16(12-19-24(14)18)23-8-6-22(7-9-23)13-15-4-3-5-17(10-15)25-2/h3-5,10-12H,6-9,13H2,1-2H3. The molecule has 2 aromatic heterocycles. The van der Waals surface area contributed by atoms with E-state index >= 15 is 0 Å².